The number of nitrogens with one attached hydrogen (secondary N) is 1. The quantitative estimate of drug-likeness (QED) is 0.478. The molecule has 0 saturated heterocycles. The van der Waals surface area contributed by atoms with Crippen molar-refractivity contribution in [2.75, 3.05) is 6.61 Å². The topological polar surface area (TPSA) is 112 Å². The van der Waals surface area contributed by atoms with Gasteiger partial charge in [0.25, 0.3) is 5.69 Å². The van der Waals surface area contributed by atoms with Crippen LogP contribution in [-0.4, -0.2) is 28.5 Å². The van der Waals surface area contributed by atoms with Gasteiger partial charge in [-0.2, -0.15) is 0 Å². The number of nitrogens with zero attached hydrogens (tertiary/aromatic N) is 1. The van der Waals surface area contributed by atoms with Gasteiger partial charge in [0.05, 0.1) is 17.1 Å². The third-order valence-corrected chi connectivity index (χ3v) is 3.96. The number of aromatic amines is 1. The number of ether oxygens (including phenoxy) is 2. The van der Waals surface area contributed by atoms with Crippen molar-refractivity contribution in [2.24, 2.45) is 0 Å². The summed E-state index contributed by atoms with van der Waals surface area (Å²) in [7, 11) is 0. The molecule has 0 aliphatic rings. The molecule has 0 aliphatic heterocycles. The van der Waals surface area contributed by atoms with Crippen LogP contribution in [0.25, 0.3) is 0 Å². The summed E-state index contributed by atoms with van der Waals surface area (Å²) >= 11 is 0. The van der Waals surface area contributed by atoms with Gasteiger partial charge in [-0.3, -0.25) is 10.1 Å². The van der Waals surface area contributed by atoms with E-state index < -0.39 is 23.0 Å². The summed E-state index contributed by atoms with van der Waals surface area (Å²) in [4.78, 5) is 37.7. The largest absolute Gasteiger partial charge is 0.461 e. The second-order valence-electron chi connectivity index (χ2n) is 5.75. The molecule has 0 unspecified atom stereocenters. The lowest BCUT2D eigenvalue weighted by atomic mass is 10.1. The fourth-order valence-electron chi connectivity index (χ4n) is 2.64. The maximum Gasteiger partial charge on any atom is 0.355 e. The highest BCUT2D eigenvalue weighted by Gasteiger charge is 2.25. The summed E-state index contributed by atoms with van der Waals surface area (Å²) in [6.45, 7) is 6.83. The molecule has 2 aromatic rings. The molecule has 8 heteroatoms. The Bertz CT molecular complexity index is 855. The Morgan fingerprint density at radius 2 is 1.96 bits per heavy atom. The zero-order chi connectivity index (χ0) is 19.4. The molecule has 1 aromatic carbocycles. The standard InChI is InChI=1S/C18H20N2O6/c1-5-25-18(22)16-10(2)15(11(3)19-16)17(21)26-12(4)13-7-6-8-14(9-13)20(23)24/h6-9,12,19H,5H2,1-4H3/t12-/m0/s1. The summed E-state index contributed by atoms with van der Waals surface area (Å²) < 4.78 is 10.4. The van der Waals surface area contributed by atoms with Crippen molar-refractivity contribution in [3.63, 3.8) is 0 Å². The van der Waals surface area contributed by atoms with Crippen molar-refractivity contribution < 1.29 is 24.0 Å². The SMILES string of the molecule is CCOC(=O)c1[nH]c(C)c(C(=O)O[C@@H](C)c2cccc([N+](=O)[O-])c2)c1C. The molecule has 0 saturated carbocycles. The predicted octanol–water partition coefficient (Wildman–Crippen LogP) is 3.63. The van der Waals surface area contributed by atoms with Crippen molar-refractivity contribution in [3.8, 4) is 0 Å². The molecule has 0 bridgehead atoms. The molecule has 26 heavy (non-hydrogen) atoms. The third kappa shape index (κ3) is 3.90. The van der Waals surface area contributed by atoms with Crippen molar-refractivity contribution >= 4 is 17.6 Å². The van der Waals surface area contributed by atoms with E-state index in [0.29, 0.717) is 16.8 Å². The lowest BCUT2D eigenvalue weighted by Crippen LogP contribution is -2.12. The molecule has 138 valence electrons. The minimum atomic E-state index is -0.692. The van der Waals surface area contributed by atoms with Crippen molar-refractivity contribution in [1.29, 1.82) is 0 Å². The molecule has 0 aliphatic carbocycles. The van der Waals surface area contributed by atoms with E-state index in [1.807, 2.05) is 0 Å². The van der Waals surface area contributed by atoms with Crippen LogP contribution < -0.4 is 0 Å². The first-order chi connectivity index (χ1) is 12.3. The number of esters is 2. The molecule has 0 fully saturated rings. The molecule has 0 amide bonds. The monoisotopic (exact) mass is 360 g/mol. The normalized spacial score (nSPS) is 11.7. The van der Waals surface area contributed by atoms with Gasteiger partial charge in [-0.1, -0.05) is 12.1 Å². The van der Waals surface area contributed by atoms with Gasteiger partial charge in [0.2, 0.25) is 0 Å². The van der Waals surface area contributed by atoms with Gasteiger partial charge in [0.15, 0.2) is 0 Å². The van der Waals surface area contributed by atoms with Gasteiger partial charge >= 0.3 is 11.9 Å². The van der Waals surface area contributed by atoms with Crippen LogP contribution in [-0.2, 0) is 9.47 Å². The smallest absolute Gasteiger partial charge is 0.355 e. The first-order valence-electron chi connectivity index (χ1n) is 8.07. The molecule has 0 spiro atoms. The summed E-state index contributed by atoms with van der Waals surface area (Å²) in [5.74, 6) is -1.16. The van der Waals surface area contributed by atoms with Crippen LogP contribution in [0.3, 0.4) is 0 Å². The highest BCUT2D eigenvalue weighted by Crippen LogP contribution is 2.25. The molecular weight excluding hydrogens is 340 g/mol. The zero-order valence-corrected chi connectivity index (χ0v) is 15.0. The second-order valence-corrected chi connectivity index (χ2v) is 5.75. The number of rotatable bonds is 6. The average molecular weight is 360 g/mol. The minimum absolute atomic E-state index is 0.0796. The van der Waals surface area contributed by atoms with Crippen molar-refractivity contribution in [1.82, 2.24) is 4.98 Å². The molecule has 1 heterocycles. The van der Waals surface area contributed by atoms with E-state index in [2.05, 4.69) is 4.98 Å². The van der Waals surface area contributed by atoms with Crippen LogP contribution >= 0.6 is 0 Å². The van der Waals surface area contributed by atoms with Gasteiger partial charge in [0, 0.05) is 17.8 Å². The van der Waals surface area contributed by atoms with E-state index in [4.69, 9.17) is 9.47 Å². The summed E-state index contributed by atoms with van der Waals surface area (Å²) in [6, 6.07) is 5.90. The van der Waals surface area contributed by atoms with Crippen LogP contribution in [0.1, 0.15) is 57.6 Å². The molecule has 1 aromatic heterocycles. The summed E-state index contributed by atoms with van der Waals surface area (Å²) in [5.41, 5.74) is 1.82. The van der Waals surface area contributed by atoms with Gasteiger partial charge in [-0.15, -0.1) is 0 Å². The van der Waals surface area contributed by atoms with Crippen LogP contribution in [0.15, 0.2) is 24.3 Å². The van der Waals surface area contributed by atoms with Crippen molar-refractivity contribution in [2.45, 2.75) is 33.8 Å². The second kappa shape index (κ2) is 7.81. The number of benzene rings is 1. The summed E-state index contributed by atoms with van der Waals surface area (Å²) in [6.07, 6.45) is -0.692. The number of hydrogen-bond donors (Lipinski definition) is 1. The third-order valence-electron chi connectivity index (χ3n) is 3.96. The van der Waals surface area contributed by atoms with Gasteiger partial charge in [0.1, 0.15) is 11.8 Å². The molecular formula is C18H20N2O6. The first kappa shape index (κ1) is 19.2. The number of nitro benzene ring substituents is 1. The predicted molar refractivity (Wildman–Crippen MR) is 93.2 cm³/mol. The van der Waals surface area contributed by atoms with Gasteiger partial charge in [-0.05, 0) is 38.8 Å². The molecule has 2 rings (SSSR count). The van der Waals surface area contributed by atoms with E-state index >= 15 is 0 Å². The van der Waals surface area contributed by atoms with Crippen LogP contribution in [0, 0.1) is 24.0 Å². The number of nitro groups is 1. The first-order valence-corrected chi connectivity index (χ1v) is 8.07. The number of carbonyl (C=O) groups excluding carboxylic acids is 2. The average Bonchev–Trinajstić information content (AvgIpc) is 2.89. The van der Waals surface area contributed by atoms with E-state index in [9.17, 15) is 19.7 Å². The molecule has 0 radical (unpaired) electrons. The van der Waals surface area contributed by atoms with Gasteiger partial charge < -0.3 is 14.5 Å². The minimum Gasteiger partial charge on any atom is -0.461 e. The number of H-pyrrole nitrogens is 1. The van der Waals surface area contributed by atoms with Crippen LogP contribution in [0.5, 0.6) is 0 Å². The van der Waals surface area contributed by atoms with Crippen LogP contribution in [0.2, 0.25) is 0 Å². The van der Waals surface area contributed by atoms with Crippen LogP contribution in [0.4, 0.5) is 5.69 Å². The number of non-ortho nitro benzene ring substituents is 1. The Hall–Kier alpha value is -3.16. The lowest BCUT2D eigenvalue weighted by molar-refractivity contribution is -0.385. The van der Waals surface area contributed by atoms with E-state index in [1.54, 1.807) is 33.8 Å². The maximum atomic E-state index is 12.6. The Kier molecular flexibility index (Phi) is 5.76. The van der Waals surface area contributed by atoms with Gasteiger partial charge in [-0.25, -0.2) is 9.59 Å². The zero-order valence-electron chi connectivity index (χ0n) is 15.0. The fraction of sp³-hybridized carbons (Fsp3) is 0.333. The highest BCUT2D eigenvalue weighted by atomic mass is 16.6. The Labute approximate surface area is 150 Å². The molecule has 1 atom stereocenters. The number of carbonyl (C=O) groups is 2. The lowest BCUT2D eigenvalue weighted by Gasteiger charge is -2.14. The number of hydrogen-bond acceptors (Lipinski definition) is 6. The van der Waals surface area contributed by atoms with E-state index in [0.717, 1.165) is 0 Å². The highest BCUT2D eigenvalue weighted by molar-refractivity contribution is 5.98. The fourth-order valence-corrected chi connectivity index (χ4v) is 2.64. The maximum absolute atomic E-state index is 12.6. The Balaban J connectivity index is 2.23. The Morgan fingerprint density at radius 3 is 2.58 bits per heavy atom. The number of aromatic nitrogens is 1. The Morgan fingerprint density at radius 1 is 1.27 bits per heavy atom. The van der Waals surface area contributed by atoms with E-state index in [1.165, 1.54) is 18.2 Å². The number of aryl methyl sites for hydroxylation is 1. The molecule has 8 nitrogen and oxygen atoms in total. The van der Waals surface area contributed by atoms with E-state index in [-0.39, 0.29) is 23.6 Å². The van der Waals surface area contributed by atoms with Crippen molar-refractivity contribution in [3.05, 3.63) is 62.5 Å². The summed E-state index contributed by atoms with van der Waals surface area (Å²) in [5, 5.41) is 10.9. The molecule has 1 N–H and O–H groups in total.